The molecule has 1 heterocycles. The van der Waals surface area contributed by atoms with E-state index in [2.05, 4.69) is 0 Å². The first kappa shape index (κ1) is 14.5. The highest BCUT2D eigenvalue weighted by molar-refractivity contribution is 6.23. The Morgan fingerprint density at radius 1 is 0.875 bits per heavy atom. The maximum absolute atomic E-state index is 12.7. The lowest BCUT2D eigenvalue weighted by atomic mass is 10.0. The van der Waals surface area contributed by atoms with Gasteiger partial charge in [-0.25, -0.2) is 0 Å². The zero-order valence-electron chi connectivity index (χ0n) is 13.2. The average Bonchev–Trinajstić information content (AvgIpc) is 2.85. The summed E-state index contributed by atoms with van der Waals surface area (Å²) in [6.07, 6.45) is 0. The van der Waals surface area contributed by atoms with Crippen LogP contribution in [0.3, 0.4) is 0 Å². The van der Waals surface area contributed by atoms with E-state index in [4.69, 9.17) is 4.74 Å². The van der Waals surface area contributed by atoms with E-state index in [0.717, 1.165) is 16.3 Å². The molecule has 0 fully saturated rings. The second kappa shape index (κ2) is 5.49. The number of rotatable bonds is 3. The van der Waals surface area contributed by atoms with Crippen LogP contribution in [0.25, 0.3) is 10.8 Å². The highest BCUT2D eigenvalue weighted by Gasteiger charge is 2.36. The minimum atomic E-state index is -0.258. The van der Waals surface area contributed by atoms with Crippen molar-refractivity contribution in [2.45, 2.75) is 6.54 Å². The van der Waals surface area contributed by atoms with Crippen LogP contribution in [0.2, 0.25) is 0 Å². The molecule has 2 amide bonds. The molecule has 0 saturated heterocycles. The van der Waals surface area contributed by atoms with Crippen LogP contribution >= 0.6 is 0 Å². The number of hydrogen-bond acceptors (Lipinski definition) is 3. The molecule has 0 saturated carbocycles. The van der Waals surface area contributed by atoms with Crippen LogP contribution in [0.1, 0.15) is 26.3 Å². The fraction of sp³-hybridized carbons (Fsp3) is 0.100. The fourth-order valence-corrected chi connectivity index (χ4v) is 3.12. The molecule has 0 unspecified atom stereocenters. The van der Waals surface area contributed by atoms with Gasteiger partial charge in [0.25, 0.3) is 11.8 Å². The molecular weight excluding hydrogens is 302 g/mol. The lowest BCUT2D eigenvalue weighted by molar-refractivity contribution is 0.0642. The smallest absolute Gasteiger partial charge is 0.261 e. The van der Waals surface area contributed by atoms with Crippen LogP contribution in [0.15, 0.2) is 60.7 Å². The molecule has 0 aromatic heterocycles. The number of methoxy groups -OCH3 is 1. The van der Waals surface area contributed by atoms with E-state index in [1.165, 1.54) is 4.90 Å². The summed E-state index contributed by atoms with van der Waals surface area (Å²) in [5, 5.41) is 1.72. The first-order chi connectivity index (χ1) is 11.7. The first-order valence-electron chi connectivity index (χ1n) is 7.70. The highest BCUT2D eigenvalue weighted by atomic mass is 16.5. The van der Waals surface area contributed by atoms with Crippen LogP contribution in [-0.2, 0) is 6.54 Å². The molecule has 3 aromatic rings. The lowest BCUT2D eigenvalue weighted by Gasteiger charge is -2.13. The van der Waals surface area contributed by atoms with Crippen LogP contribution in [0.5, 0.6) is 5.75 Å². The predicted octanol–water partition coefficient (Wildman–Crippen LogP) is 3.64. The molecule has 118 valence electrons. The van der Waals surface area contributed by atoms with Crippen LogP contribution < -0.4 is 4.74 Å². The summed E-state index contributed by atoms with van der Waals surface area (Å²) in [6.45, 7) is 0.278. The standard InChI is InChI=1S/C20H15NO3/c1-24-18-9-5-8-14-10-16-17(11-15(14)18)20(23)21(19(16)22)12-13-6-3-2-4-7-13/h2-11H,12H2,1H3. The van der Waals surface area contributed by atoms with Gasteiger partial charge >= 0.3 is 0 Å². The summed E-state index contributed by atoms with van der Waals surface area (Å²) in [5.41, 5.74) is 1.82. The number of carbonyl (C=O) groups is 2. The third kappa shape index (κ3) is 2.15. The Morgan fingerprint density at radius 2 is 1.58 bits per heavy atom. The van der Waals surface area contributed by atoms with Crippen molar-refractivity contribution in [1.82, 2.24) is 4.90 Å². The molecule has 4 nitrogen and oxygen atoms in total. The summed E-state index contributed by atoms with van der Waals surface area (Å²) in [4.78, 5) is 26.7. The van der Waals surface area contributed by atoms with Crippen molar-refractivity contribution in [1.29, 1.82) is 0 Å². The summed E-state index contributed by atoms with van der Waals surface area (Å²) in [5.74, 6) is 0.187. The Morgan fingerprint density at radius 3 is 2.29 bits per heavy atom. The quantitative estimate of drug-likeness (QED) is 0.693. The van der Waals surface area contributed by atoms with Crippen molar-refractivity contribution in [3.8, 4) is 5.75 Å². The van der Waals surface area contributed by atoms with Crippen molar-refractivity contribution in [2.75, 3.05) is 7.11 Å². The lowest BCUT2D eigenvalue weighted by Crippen LogP contribution is -2.29. The number of ether oxygens (including phenoxy) is 1. The molecule has 1 aliphatic heterocycles. The molecule has 0 spiro atoms. The number of imide groups is 1. The normalized spacial score (nSPS) is 13.5. The predicted molar refractivity (Wildman–Crippen MR) is 91.1 cm³/mol. The maximum Gasteiger partial charge on any atom is 0.261 e. The average molecular weight is 317 g/mol. The number of carbonyl (C=O) groups excluding carboxylic acids is 2. The van der Waals surface area contributed by atoms with E-state index in [1.807, 2.05) is 48.5 Å². The van der Waals surface area contributed by atoms with Crippen LogP contribution in [0.4, 0.5) is 0 Å². The molecule has 4 rings (SSSR count). The van der Waals surface area contributed by atoms with E-state index in [9.17, 15) is 9.59 Å². The van der Waals surface area contributed by atoms with Gasteiger partial charge in [0.05, 0.1) is 24.8 Å². The number of amides is 2. The van der Waals surface area contributed by atoms with E-state index < -0.39 is 0 Å². The van der Waals surface area contributed by atoms with Gasteiger partial charge in [0.15, 0.2) is 0 Å². The molecule has 0 bridgehead atoms. The van der Waals surface area contributed by atoms with E-state index in [-0.39, 0.29) is 18.4 Å². The number of fused-ring (bicyclic) bond motifs is 2. The molecule has 0 atom stereocenters. The third-order valence-electron chi connectivity index (χ3n) is 4.33. The molecular formula is C20H15NO3. The monoisotopic (exact) mass is 317 g/mol. The Hall–Kier alpha value is -3.14. The van der Waals surface area contributed by atoms with Crippen molar-refractivity contribution < 1.29 is 14.3 Å². The van der Waals surface area contributed by atoms with Crippen molar-refractivity contribution >= 4 is 22.6 Å². The van der Waals surface area contributed by atoms with Gasteiger partial charge in [0, 0.05) is 5.39 Å². The molecule has 0 radical (unpaired) electrons. The van der Waals surface area contributed by atoms with Crippen LogP contribution in [-0.4, -0.2) is 23.8 Å². The molecule has 3 aromatic carbocycles. The fourth-order valence-electron chi connectivity index (χ4n) is 3.12. The Labute approximate surface area is 139 Å². The van der Waals surface area contributed by atoms with Gasteiger partial charge in [-0.15, -0.1) is 0 Å². The van der Waals surface area contributed by atoms with Gasteiger partial charge in [-0.2, -0.15) is 0 Å². The Balaban J connectivity index is 1.79. The zero-order valence-corrected chi connectivity index (χ0v) is 13.2. The number of benzene rings is 3. The van der Waals surface area contributed by atoms with Gasteiger partial charge in [-0.1, -0.05) is 42.5 Å². The summed E-state index contributed by atoms with van der Waals surface area (Å²) < 4.78 is 5.36. The topological polar surface area (TPSA) is 46.6 Å². The second-order valence-corrected chi connectivity index (χ2v) is 5.76. The van der Waals surface area contributed by atoms with Crippen molar-refractivity contribution in [3.05, 3.63) is 77.4 Å². The number of hydrogen-bond donors (Lipinski definition) is 0. The largest absolute Gasteiger partial charge is 0.496 e. The molecule has 0 N–H and O–H groups in total. The van der Waals surface area contributed by atoms with Gasteiger partial charge in [0.1, 0.15) is 5.75 Å². The van der Waals surface area contributed by atoms with Crippen LogP contribution in [0, 0.1) is 0 Å². The SMILES string of the molecule is COc1cccc2cc3c(cc12)C(=O)N(Cc1ccccc1)C3=O. The maximum atomic E-state index is 12.7. The molecule has 1 aliphatic rings. The van der Waals surface area contributed by atoms with Gasteiger partial charge in [-0.3, -0.25) is 14.5 Å². The second-order valence-electron chi connectivity index (χ2n) is 5.76. The third-order valence-corrected chi connectivity index (χ3v) is 4.33. The minimum Gasteiger partial charge on any atom is -0.496 e. The first-order valence-corrected chi connectivity index (χ1v) is 7.70. The highest BCUT2D eigenvalue weighted by Crippen LogP contribution is 2.33. The van der Waals surface area contributed by atoms with E-state index >= 15 is 0 Å². The summed E-state index contributed by atoms with van der Waals surface area (Å²) in [6, 6.07) is 18.7. The van der Waals surface area contributed by atoms with Gasteiger partial charge < -0.3 is 4.74 Å². The summed E-state index contributed by atoms with van der Waals surface area (Å²) >= 11 is 0. The number of nitrogens with zero attached hydrogens (tertiary/aromatic N) is 1. The van der Waals surface area contributed by atoms with Crippen molar-refractivity contribution in [2.24, 2.45) is 0 Å². The van der Waals surface area contributed by atoms with Gasteiger partial charge in [-0.05, 0) is 29.1 Å². The Bertz CT molecular complexity index is 963. The van der Waals surface area contributed by atoms with Gasteiger partial charge in [0.2, 0.25) is 0 Å². The van der Waals surface area contributed by atoms with Crippen molar-refractivity contribution in [3.63, 3.8) is 0 Å². The molecule has 4 heteroatoms. The van der Waals surface area contributed by atoms with E-state index in [0.29, 0.717) is 16.9 Å². The summed E-state index contributed by atoms with van der Waals surface area (Å²) in [7, 11) is 1.59. The van der Waals surface area contributed by atoms with E-state index in [1.54, 1.807) is 19.2 Å². The zero-order chi connectivity index (χ0) is 16.7. The minimum absolute atomic E-state index is 0.247. The molecule has 24 heavy (non-hydrogen) atoms. The molecule has 0 aliphatic carbocycles. The Kier molecular flexibility index (Phi) is 3.31.